The first-order valence-electron chi connectivity index (χ1n) is 16.9. The van der Waals surface area contributed by atoms with Crippen LogP contribution in [0.1, 0.15) is 87.0 Å². The molecule has 0 heterocycles. The minimum Gasteiger partial charge on any atom is -0.744 e. The molecule has 272 valence electrons. The molecule has 3 aromatic carbocycles. The number of aliphatic hydroxyl groups is 2. The van der Waals surface area contributed by atoms with Crippen LogP contribution in [-0.2, 0) is 37.7 Å². The first-order valence-corrected chi connectivity index (χ1v) is 20.2. The standard InChI is InChI=1S/C30H45NO6S.C6H5ClO3S/c32-23-26-21-25(15-16-29(26)33)30(34)22-31-17-6-1-2-7-18-37-19-8-5-10-24-11-9-14-28(20-24)38(35,36)27-12-3-4-13-27;7-5-1-3-6(4-2-5)11(8,9)10/h9,11,14-16,20-21,27,30-34H,1-8,10,12-13,17-19,22-23H2;1-4H,(H,8,9,10)/p-1/t30-;/m0./s1. The molecule has 49 heavy (non-hydrogen) atoms. The zero-order chi connectivity index (χ0) is 35.7. The van der Waals surface area contributed by atoms with Gasteiger partial charge >= 0.3 is 0 Å². The highest BCUT2D eigenvalue weighted by atomic mass is 35.5. The van der Waals surface area contributed by atoms with E-state index in [9.17, 15) is 36.7 Å². The highest BCUT2D eigenvalue weighted by molar-refractivity contribution is 7.92. The Balaban J connectivity index is 0.000000501. The van der Waals surface area contributed by atoms with Crippen molar-refractivity contribution in [3.05, 3.63) is 88.4 Å². The van der Waals surface area contributed by atoms with Crippen LogP contribution in [0.3, 0.4) is 0 Å². The fourth-order valence-electron chi connectivity index (χ4n) is 5.61. The van der Waals surface area contributed by atoms with Gasteiger partial charge in [0.1, 0.15) is 15.9 Å². The molecule has 0 aliphatic heterocycles. The molecule has 0 aromatic heterocycles. The third kappa shape index (κ3) is 14.3. The lowest BCUT2D eigenvalue weighted by Gasteiger charge is -2.14. The molecule has 0 bridgehead atoms. The van der Waals surface area contributed by atoms with Crippen molar-refractivity contribution in [3.8, 4) is 5.75 Å². The number of aliphatic hydroxyl groups excluding tert-OH is 2. The van der Waals surface area contributed by atoms with E-state index < -0.39 is 26.1 Å². The Bertz CT molecular complexity index is 1630. The summed E-state index contributed by atoms with van der Waals surface area (Å²) < 4.78 is 62.5. The molecular weight excluding hydrogens is 690 g/mol. The van der Waals surface area contributed by atoms with Gasteiger partial charge in [-0.25, -0.2) is 16.8 Å². The fraction of sp³-hybridized carbons (Fsp3) is 0.500. The molecule has 3 aromatic rings. The molecule has 1 saturated carbocycles. The van der Waals surface area contributed by atoms with Crippen LogP contribution in [-0.4, -0.2) is 68.3 Å². The summed E-state index contributed by atoms with van der Waals surface area (Å²) in [5.41, 5.74) is 2.18. The SMILES string of the molecule is O=S(=O)([O-])c1ccc(Cl)cc1.O=S(=O)(c1cccc(CCCCOCCCCCCNC[C@H](O)c2ccc(O)c(CO)c2)c1)C1CCCC1. The van der Waals surface area contributed by atoms with Gasteiger partial charge in [-0.1, -0.05) is 55.5 Å². The number of benzene rings is 3. The number of aryl methyl sites for hydroxylation is 1. The predicted octanol–water partition coefficient (Wildman–Crippen LogP) is 6.07. The number of hydrogen-bond acceptors (Lipinski definition) is 10. The lowest BCUT2D eigenvalue weighted by Crippen LogP contribution is -2.22. The number of nitrogens with one attached hydrogen (secondary N) is 1. The summed E-state index contributed by atoms with van der Waals surface area (Å²) in [5.74, 6) is 0.0372. The van der Waals surface area contributed by atoms with E-state index in [1.807, 2.05) is 18.2 Å². The fourth-order valence-corrected chi connectivity index (χ4v) is 8.13. The Kier molecular flexibility index (Phi) is 17.5. The molecule has 1 aliphatic rings. The molecule has 0 spiro atoms. The lowest BCUT2D eigenvalue weighted by atomic mass is 10.1. The average Bonchev–Trinajstić information content (AvgIpc) is 3.64. The minimum absolute atomic E-state index is 0.0372. The number of sulfone groups is 1. The molecule has 0 unspecified atom stereocenters. The summed E-state index contributed by atoms with van der Waals surface area (Å²) >= 11 is 5.46. The van der Waals surface area contributed by atoms with Gasteiger partial charge < -0.3 is 29.9 Å². The molecule has 0 saturated heterocycles. The van der Waals surface area contributed by atoms with E-state index in [1.165, 1.54) is 30.3 Å². The van der Waals surface area contributed by atoms with Gasteiger partial charge in [0.15, 0.2) is 9.84 Å². The summed E-state index contributed by atoms with van der Waals surface area (Å²) in [6.07, 6.45) is 10.0. The van der Waals surface area contributed by atoms with Crippen molar-refractivity contribution in [1.29, 1.82) is 0 Å². The molecule has 1 atom stereocenters. The predicted molar refractivity (Wildman–Crippen MR) is 189 cm³/mol. The summed E-state index contributed by atoms with van der Waals surface area (Å²) in [6, 6.07) is 17.3. The van der Waals surface area contributed by atoms with Gasteiger partial charge in [-0.2, -0.15) is 0 Å². The van der Waals surface area contributed by atoms with Crippen LogP contribution < -0.4 is 5.32 Å². The van der Waals surface area contributed by atoms with E-state index in [1.54, 1.807) is 18.2 Å². The van der Waals surface area contributed by atoms with Crippen LogP contribution in [0.15, 0.2) is 76.5 Å². The quantitative estimate of drug-likeness (QED) is 0.0836. The molecule has 4 N–H and O–H groups in total. The molecule has 0 amide bonds. The van der Waals surface area contributed by atoms with E-state index in [-0.39, 0.29) is 22.5 Å². The number of ether oxygens (including phenoxy) is 1. The smallest absolute Gasteiger partial charge is 0.181 e. The normalized spacial score (nSPS) is 14.4. The van der Waals surface area contributed by atoms with E-state index in [0.29, 0.717) is 27.6 Å². The first-order chi connectivity index (χ1) is 23.4. The van der Waals surface area contributed by atoms with Gasteiger partial charge in [-0.05, 0) is 111 Å². The zero-order valence-corrected chi connectivity index (χ0v) is 30.2. The number of rotatable bonds is 19. The molecule has 13 heteroatoms. The number of phenols is 1. The van der Waals surface area contributed by atoms with Gasteiger partial charge in [-0.15, -0.1) is 0 Å². The van der Waals surface area contributed by atoms with Gasteiger partial charge in [0.2, 0.25) is 0 Å². The maximum absolute atomic E-state index is 12.8. The Hall–Kier alpha value is -2.55. The van der Waals surface area contributed by atoms with Gasteiger partial charge in [0, 0.05) is 30.3 Å². The van der Waals surface area contributed by atoms with Crippen LogP contribution in [0.5, 0.6) is 5.75 Å². The highest BCUT2D eigenvalue weighted by Gasteiger charge is 2.30. The van der Waals surface area contributed by atoms with Crippen molar-refractivity contribution >= 4 is 31.6 Å². The second-order valence-corrected chi connectivity index (χ2v) is 16.3. The second kappa shape index (κ2) is 21.0. The minimum atomic E-state index is -4.33. The number of unbranched alkanes of at least 4 members (excludes halogenated alkanes) is 4. The third-order valence-corrected chi connectivity index (χ3v) is 11.8. The van der Waals surface area contributed by atoms with E-state index in [4.69, 9.17) is 16.3 Å². The lowest BCUT2D eigenvalue weighted by molar-refractivity contribution is 0.126. The van der Waals surface area contributed by atoms with Crippen LogP contribution in [0, 0.1) is 0 Å². The van der Waals surface area contributed by atoms with Crippen molar-refractivity contribution in [3.63, 3.8) is 0 Å². The molecular formula is C36H49ClNO9S2-. The Morgan fingerprint density at radius 2 is 1.53 bits per heavy atom. The first kappa shape index (κ1) is 40.9. The third-order valence-electron chi connectivity index (χ3n) is 8.46. The largest absolute Gasteiger partial charge is 0.744 e. The maximum atomic E-state index is 12.8. The van der Waals surface area contributed by atoms with Crippen molar-refractivity contribution < 1.29 is 41.4 Å². The van der Waals surface area contributed by atoms with Crippen molar-refractivity contribution in [1.82, 2.24) is 5.32 Å². The number of aromatic hydroxyl groups is 1. The van der Waals surface area contributed by atoms with Gasteiger partial charge in [-0.3, -0.25) is 0 Å². The van der Waals surface area contributed by atoms with Crippen molar-refractivity contribution in [2.75, 3.05) is 26.3 Å². The molecule has 1 fully saturated rings. The Morgan fingerprint density at radius 3 is 2.20 bits per heavy atom. The van der Waals surface area contributed by atoms with E-state index in [0.717, 1.165) is 96.0 Å². The second-order valence-electron chi connectivity index (χ2n) is 12.3. The Labute approximate surface area is 296 Å². The van der Waals surface area contributed by atoms with Crippen molar-refractivity contribution in [2.24, 2.45) is 0 Å². The van der Waals surface area contributed by atoms with Gasteiger partial charge in [0.25, 0.3) is 0 Å². The van der Waals surface area contributed by atoms with Crippen LogP contribution in [0.25, 0.3) is 0 Å². The summed E-state index contributed by atoms with van der Waals surface area (Å²) in [6.45, 7) is 2.49. The van der Waals surface area contributed by atoms with Crippen LogP contribution in [0.2, 0.25) is 5.02 Å². The number of hydrogen-bond donors (Lipinski definition) is 4. The summed E-state index contributed by atoms with van der Waals surface area (Å²) in [5, 5.41) is 32.6. The molecule has 0 radical (unpaired) electrons. The van der Waals surface area contributed by atoms with E-state index >= 15 is 0 Å². The van der Waals surface area contributed by atoms with Gasteiger partial charge in [0.05, 0.1) is 27.8 Å². The highest BCUT2D eigenvalue weighted by Crippen LogP contribution is 2.30. The van der Waals surface area contributed by atoms with Crippen molar-refractivity contribution in [2.45, 2.75) is 98.4 Å². The van der Waals surface area contributed by atoms with Crippen LogP contribution in [0.4, 0.5) is 0 Å². The monoisotopic (exact) mass is 738 g/mol. The molecule has 1 aliphatic carbocycles. The molecule has 4 rings (SSSR count). The van der Waals surface area contributed by atoms with Crippen LogP contribution >= 0.6 is 11.6 Å². The van der Waals surface area contributed by atoms with E-state index in [2.05, 4.69) is 5.32 Å². The Morgan fingerprint density at radius 1 is 0.857 bits per heavy atom. The zero-order valence-electron chi connectivity index (χ0n) is 27.8. The average molecular weight is 739 g/mol. The maximum Gasteiger partial charge on any atom is 0.181 e. The summed E-state index contributed by atoms with van der Waals surface area (Å²) in [7, 11) is -7.52. The number of halogens is 1. The summed E-state index contributed by atoms with van der Waals surface area (Å²) in [4.78, 5) is 0.223. The molecule has 10 nitrogen and oxygen atoms in total. The topological polar surface area (TPSA) is 173 Å².